The van der Waals surface area contributed by atoms with Crippen LogP contribution in [-0.4, -0.2) is 55.2 Å². The molecule has 0 aromatic heterocycles. The van der Waals surface area contributed by atoms with E-state index < -0.39 is 0 Å². The molecule has 7 nitrogen and oxygen atoms in total. The van der Waals surface area contributed by atoms with Gasteiger partial charge in [0.1, 0.15) is 5.75 Å². The molecule has 2 aromatic rings. The van der Waals surface area contributed by atoms with Gasteiger partial charge < -0.3 is 25.4 Å². The number of nitrogens with one attached hydrogen (secondary N) is 2. The number of aromatic hydroxyl groups is 1. The van der Waals surface area contributed by atoms with Crippen LogP contribution < -0.4 is 10.6 Å². The second-order valence-corrected chi connectivity index (χ2v) is 9.53. The Bertz CT molecular complexity index is 1150. The maximum atomic E-state index is 10.3. The highest BCUT2D eigenvalue weighted by molar-refractivity contribution is 6.07. The average molecular weight is 472 g/mol. The molecule has 5 rings (SSSR count). The van der Waals surface area contributed by atoms with E-state index in [1.165, 1.54) is 32.1 Å². The van der Waals surface area contributed by atoms with Gasteiger partial charge in [-0.1, -0.05) is 43.5 Å². The van der Waals surface area contributed by atoms with Gasteiger partial charge in [0.15, 0.2) is 5.84 Å². The van der Waals surface area contributed by atoms with Gasteiger partial charge in [-0.05, 0) is 42.5 Å². The first kappa shape index (κ1) is 23.4. The molecule has 2 aliphatic heterocycles. The number of anilines is 1. The molecular weight excluding hydrogens is 438 g/mol. The zero-order valence-corrected chi connectivity index (χ0v) is 20.1. The van der Waals surface area contributed by atoms with Gasteiger partial charge in [-0.15, -0.1) is 0 Å². The Balaban J connectivity index is 1.45. The molecule has 0 bridgehead atoms. The second-order valence-electron chi connectivity index (χ2n) is 9.53. The number of phenolic OH excluding ortho intramolecular Hbond substituents is 1. The molecule has 1 saturated heterocycles. The van der Waals surface area contributed by atoms with Gasteiger partial charge in [0.2, 0.25) is 0 Å². The molecule has 7 heteroatoms. The lowest BCUT2D eigenvalue weighted by Gasteiger charge is -2.34. The summed E-state index contributed by atoms with van der Waals surface area (Å²) in [6.07, 6.45) is 6.32. The third-order valence-electron chi connectivity index (χ3n) is 7.10. The van der Waals surface area contributed by atoms with Crippen LogP contribution in [0.3, 0.4) is 0 Å². The fourth-order valence-electron chi connectivity index (χ4n) is 5.13. The highest BCUT2D eigenvalue weighted by Crippen LogP contribution is 2.38. The summed E-state index contributed by atoms with van der Waals surface area (Å²) in [7, 11) is 0. The van der Waals surface area contributed by atoms with E-state index >= 15 is 0 Å². The standard InChI is InChI=1S/C28H33N5O2/c29-17-22(19-35-18-20-6-2-1-3-7-20)27-28(33-14-12-30-13-15-33)32-25-16-21(10-11-24(25)31-27)23-8-4-5-9-26(23)34/h4-5,8-11,16,20,30-31,34H,1-3,6-7,12-15,18-19H2/b27-22-. The summed E-state index contributed by atoms with van der Waals surface area (Å²) in [6.45, 7) is 4.37. The van der Waals surface area contributed by atoms with Gasteiger partial charge in [-0.2, -0.15) is 5.26 Å². The highest BCUT2D eigenvalue weighted by Gasteiger charge is 2.27. The maximum Gasteiger partial charge on any atom is 0.154 e. The lowest BCUT2D eigenvalue weighted by Crippen LogP contribution is -2.48. The number of nitrogens with zero attached hydrogens (tertiary/aromatic N) is 3. The first-order valence-corrected chi connectivity index (χ1v) is 12.7. The molecule has 0 radical (unpaired) electrons. The van der Waals surface area contributed by atoms with Crippen LogP contribution in [0.4, 0.5) is 11.4 Å². The molecule has 1 aliphatic carbocycles. The topological polar surface area (TPSA) is 92.9 Å². The van der Waals surface area contributed by atoms with Crippen LogP contribution in [0.15, 0.2) is 58.7 Å². The summed E-state index contributed by atoms with van der Waals surface area (Å²) in [5, 5.41) is 27.3. The first-order valence-electron chi connectivity index (χ1n) is 12.7. The SMILES string of the molecule is N#C/C(COCC1CCCCC1)=C1/Nc2ccc(-c3ccccc3O)cc2N=C1N1CCNCC1. The molecule has 0 atom stereocenters. The van der Waals surface area contributed by atoms with Crippen molar-refractivity contribution in [3.8, 4) is 22.9 Å². The van der Waals surface area contributed by atoms with Crippen molar-refractivity contribution in [1.82, 2.24) is 10.2 Å². The van der Waals surface area contributed by atoms with Crippen molar-refractivity contribution in [2.45, 2.75) is 32.1 Å². The molecule has 2 aromatic carbocycles. The predicted molar refractivity (Wildman–Crippen MR) is 139 cm³/mol. The third-order valence-corrected chi connectivity index (χ3v) is 7.10. The monoisotopic (exact) mass is 471 g/mol. The minimum atomic E-state index is 0.241. The van der Waals surface area contributed by atoms with E-state index in [0.29, 0.717) is 18.1 Å². The van der Waals surface area contributed by atoms with Crippen molar-refractivity contribution in [3.05, 3.63) is 53.7 Å². The van der Waals surface area contributed by atoms with Gasteiger partial charge in [0.05, 0.1) is 35.3 Å². The Kier molecular flexibility index (Phi) is 7.31. The minimum absolute atomic E-state index is 0.241. The number of piperazine rings is 1. The van der Waals surface area contributed by atoms with Crippen LogP contribution >= 0.6 is 0 Å². The molecule has 0 spiro atoms. The normalized spacial score (nSPS) is 19.9. The Morgan fingerprint density at radius 3 is 2.69 bits per heavy atom. The maximum absolute atomic E-state index is 10.3. The Morgan fingerprint density at radius 1 is 1.11 bits per heavy atom. The van der Waals surface area contributed by atoms with E-state index in [9.17, 15) is 10.4 Å². The number of aliphatic imine (C=N–C) groups is 1. The molecule has 1 saturated carbocycles. The lowest BCUT2D eigenvalue weighted by molar-refractivity contribution is 0.103. The van der Waals surface area contributed by atoms with Crippen LogP contribution in [0.1, 0.15) is 32.1 Å². The summed E-state index contributed by atoms with van der Waals surface area (Å²) in [5.41, 5.74) is 4.62. The largest absolute Gasteiger partial charge is 0.507 e. The van der Waals surface area contributed by atoms with Crippen molar-refractivity contribution < 1.29 is 9.84 Å². The first-order chi connectivity index (χ1) is 17.2. The predicted octanol–water partition coefficient (Wildman–Crippen LogP) is 4.79. The van der Waals surface area contributed by atoms with Crippen LogP contribution in [-0.2, 0) is 4.74 Å². The molecule has 35 heavy (non-hydrogen) atoms. The second kappa shape index (κ2) is 10.9. The summed E-state index contributed by atoms with van der Waals surface area (Å²) >= 11 is 0. The molecule has 2 heterocycles. The Morgan fingerprint density at radius 2 is 1.91 bits per heavy atom. The summed E-state index contributed by atoms with van der Waals surface area (Å²) in [4.78, 5) is 7.27. The number of rotatable bonds is 5. The van der Waals surface area contributed by atoms with Crippen molar-refractivity contribution >= 4 is 17.2 Å². The van der Waals surface area contributed by atoms with Gasteiger partial charge >= 0.3 is 0 Å². The Hall–Kier alpha value is -3.34. The molecule has 3 N–H and O–H groups in total. The zero-order chi connectivity index (χ0) is 24.0. The number of ether oxygens (including phenoxy) is 1. The highest BCUT2D eigenvalue weighted by atomic mass is 16.5. The van der Waals surface area contributed by atoms with Crippen LogP contribution in [0, 0.1) is 17.2 Å². The third kappa shape index (κ3) is 5.34. The number of benzene rings is 2. The minimum Gasteiger partial charge on any atom is -0.507 e. The van der Waals surface area contributed by atoms with Crippen molar-refractivity contribution in [1.29, 1.82) is 5.26 Å². The fourth-order valence-corrected chi connectivity index (χ4v) is 5.13. The zero-order valence-electron chi connectivity index (χ0n) is 20.1. The van der Waals surface area contributed by atoms with Crippen molar-refractivity contribution in [2.75, 3.05) is 44.7 Å². The number of fused-ring (bicyclic) bond motifs is 1. The molecule has 182 valence electrons. The van der Waals surface area contributed by atoms with E-state index in [0.717, 1.165) is 60.2 Å². The summed E-state index contributed by atoms with van der Waals surface area (Å²) in [6, 6.07) is 15.6. The lowest BCUT2D eigenvalue weighted by atomic mass is 9.90. The molecule has 0 unspecified atom stereocenters. The molecule has 3 aliphatic rings. The Labute approximate surface area is 207 Å². The van der Waals surface area contributed by atoms with Gasteiger partial charge in [-0.25, -0.2) is 4.99 Å². The van der Waals surface area contributed by atoms with Crippen LogP contribution in [0.25, 0.3) is 11.1 Å². The van der Waals surface area contributed by atoms with E-state index in [2.05, 4.69) is 21.6 Å². The van der Waals surface area contributed by atoms with E-state index in [1.807, 2.05) is 36.4 Å². The quantitative estimate of drug-likeness (QED) is 0.543. The van der Waals surface area contributed by atoms with Crippen LogP contribution in [0.2, 0.25) is 0 Å². The van der Waals surface area contributed by atoms with Gasteiger partial charge in [0, 0.05) is 38.3 Å². The number of phenols is 1. The van der Waals surface area contributed by atoms with Crippen molar-refractivity contribution in [2.24, 2.45) is 10.9 Å². The number of hydrogen-bond acceptors (Lipinski definition) is 7. The van der Waals surface area contributed by atoms with Gasteiger partial charge in [-0.3, -0.25) is 0 Å². The number of para-hydroxylation sites is 1. The van der Waals surface area contributed by atoms with E-state index in [1.54, 1.807) is 6.07 Å². The summed E-state index contributed by atoms with van der Waals surface area (Å²) < 4.78 is 6.06. The van der Waals surface area contributed by atoms with Crippen molar-refractivity contribution in [3.63, 3.8) is 0 Å². The molecule has 2 fully saturated rings. The molecule has 0 amide bonds. The number of amidine groups is 1. The smallest absolute Gasteiger partial charge is 0.154 e. The fraction of sp³-hybridized carbons (Fsp3) is 0.429. The number of hydrogen-bond donors (Lipinski definition) is 3. The van der Waals surface area contributed by atoms with E-state index in [-0.39, 0.29) is 12.4 Å². The average Bonchev–Trinajstić information content (AvgIpc) is 2.91. The van der Waals surface area contributed by atoms with Crippen LogP contribution in [0.5, 0.6) is 5.75 Å². The molecular formula is C28H33N5O2. The van der Waals surface area contributed by atoms with Gasteiger partial charge in [0.25, 0.3) is 0 Å². The number of nitriles is 1. The van der Waals surface area contributed by atoms with E-state index in [4.69, 9.17) is 9.73 Å². The summed E-state index contributed by atoms with van der Waals surface area (Å²) in [5.74, 6) is 1.62.